The van der Waals surface area contributed by atoms with Crippen molar-refractivity contribution in [3.8, 4) is 0 Å². The first-order valence-electron chi connectivity index (χ1n) is 10.3. The molecule has 6 heteroatoms. The minimum absolute atomic E-state index is 0.0103. The molecule has 4 rings (SSSR count). The molecule has 3 aromatic rings. The van der Waals surface area contributed by atoms with E-state index in [1.165, 1.54) is 4.88 Å². The van der Waals surface area contributed by atoms with E-state index in [0.717, 1.165) is 46.3 Å². The largest absolute Gasteiger partial charge is 0.311 e. The molecule has 0 bridgehead atoms. The summed E-state index contributed by atoms with van der Waals surface area (Å²) in [5.74, 6) is 1.15. The van der Waals surface area contributed by atoms with Crippen molar-refractivity contribution in [2.45, 2.75) is 53.5 Å². The van der Waals surface area contributed by atoms with Crippen LogP contribution in [-0.2, 0) is 24.2 Å². The first kappa shape index (κ1) is 19.8. The number of nitrogens with zero attached hydrogens (tertiary/aromatic N) is 3. The smallest absolute Gasteiger partial charge is 0.263 e. The maximum atomic E-state index is 13.4. The molecule has 0 N–H and O–H groups in total. The third kappa shape index (κ3) is 3.62. The molecule has 1 aliphatic carbocycles. The normalized spacial score (nSPS) is 16.1. The van der Waals surface area contributed by atoms with E-state index < -0.39 is 0 Å². The van der Waals surface area contributed by atoms with Gasteiger partial charge in [0.25, 0.3) is 5.56 Å². The number of carbonyl (C=O) groups is 1. The molecule has 0 radical (unpaired) electrons. The lowest BCUT2D eigenvalue weighted by molar-refractivity contribution is -0.119. The van der Waals surface area contributed by atoms with Gasteiger partial charge < -0.3 is 4.90 Å². The molecule has 1 atom stereocenters. The molecule has 1 unspecified atom stereocenters. The fourth-order valence-corrected chi connectivity index (χ4v) is 5.65. The van der Waals surface area contributed by atoms with Crippen LogP contribution in [0, 0.1) is 19.8 Å². The number of aryl methyl sites for hydroxylation is 3. The Labute approximate surface area is 175 Å². The van der Waals surface area contributed by atoms with E-state index in [1.807, 2.05) is 45.0 Å². The SMILES string of the molecule is CCN(C(=O)Cn1c(C)nc2sc3c(c2c1=O)CCC(C)C3)c1cccc(C)c1. The van der Waals surface area contributed by atoms with Crippen LogP contribution in [-0.4, -0.2) is 22.0 Å². The number of carbonyl (C=O) groups excluding carboxylic acids is 1. The summed E-state index contributed by atoms with van der Waals surface area (Å²) in [5.41, 5.74) is 3.05. The summed E-state index contributed by atoms with van der Waals surface area (Å²) in [5, 5.41) is 0.730. The van der Waals surface area contributed by atoms with Gasteiger partial charge in [-0.05, 0) is 69.2 Å². The highest BCUT2D eigenvalue weighted by atomic mass is 32.1. The molecule has 0 saturated carbocycles. The first-order chi connectivity index (χ1) is 13.9. The van der Waals surface area contributed by atoms with Crippen molar-refractivity contribution in [1.29, 1.82) is 0 Å². The van der Waals surface area contributed by atoms with Crippen molar-refractivity contribution >= 4 is 33.1 Å². The number of aromatic nitrogens is 2. The zero-order valence-corrected chi connectivity index (χ0v) is 18.3. The number of hydrogen-bond acceptors (Lipinski definition) is 4. The van der Waals surface area contributed by atoms with Gasteiger partial charge in [-0.3, -0.25) is 14.2 Å². The second-order valence-electron chi connectivity index (χ2n) is 8.06. The minimum Gasteiger partial charge on any atom is -0.311 e. The van der Waals surface area contributed by atoms with Crippen LogP contribution in [0.3, 0.4) is 0 Å². The zero-order chi connectivity index (χ0) is 20.7. The molecule has 1 aromatic carbocycles. The van der Waals surface area contributed by atoms with E-state index in [1.54, 1.807) is 20.8 Å². The quantitative estimate of drug-likeness (QED) is 0.647. The Balaban J connectivity index is 1.72. The Kier molecular flexibility index (Phi) is 5.30. The summed E-state index contributed by atoms with van der Waals surface area (Å²) < 4.78 is 1.55. The van der Waals surface area contributed by atoms with Crippen LogP contribution >= 0.6 is 11.3 Å². The average Bonchev–Trinajstić information content (AvgIpc) is 3.02. The number of benzene rings is 1. The third-order valence-electron chi connectivity index (χ3n) is 5.83. The highest BCUT2D eigenvalue weighted by Gasteiger charge is 2.25. The Morgan fingerprint density at radius 2 is 2.14 bits per heavy atom. The van der Waals surface area contributed by atoms with Gasteiger partial charge in [0.15, 0.2) is 0 Å². The van der Waals surface area contributed by atoms with Gasteiger partial charge in [-0.1, -0.05) is 19.1 Å². The molecular formula is C23H27N3O2S. The van der Waals surface area contributed by atoms with Crippen LogP contribution in [0.5, 0.6) is 0 Å². The highest BCUT2D eigenvalue weighted by molar-refractivity contribution is 7.18. The molecule has 0 spiro atoms. The highest BCUT2D eigenvalue weighted by Crippen LogP contribution is 2.35. The summed E-state index contributed by atoms with van der Waals surface area (Å²) in [6, 6.07) is 7.88. The van der Waals surface area contributed by atoms with Crippen LogP contribution in [0.15, 0.2) is 29.1 Å². The summed E-state index contributed by atoms with van der Waals surface area (Å²) >= 11 is 1.65. The van der Waals surface area contributed by atoms with Crippen molar-refractivity contribution < 1.29 is 4.79 Å². The Morgan fingerprint density at radius 3 is 2.86 bits per heavy atom. The van der Waals surface area contributed by atoms with Gasteiger partial charge in [0, 0.05) is 17.1 Å². The number of anilines is 1. The average molecular weight is 410 g/mol. The minimum atomic E-state index is -0.0952. The summed E-state index contributed by atoms with van der Waals surface area (Å²) in [4.78, 5) is 35.0. The van der Waals surface area contributed by atoms with Crippen LogP contribution in [0.4, 0.5) is 5.69 Å². The molecule has 29 heavy (non-hydrogen) atoms. The third-order valence-corrected chi connectivity index (χ3v) is 6.98. The number of likely N-dealkylation sites (N-methyl/N-ethyl adjacent to an activating group) is 1. The predicted molar refractivity (Wildman–Crippen MR) is 119 cm³/mol. The molecule has 2 heterocycles. The molecule has 0 saturated heterocycles. The van der Waals surface area contributed by atoms with Gasteiger partial charge in [0.2, 0.25) is 5.91 Å². The standard InChI is InChI=1S/C23H27N3O2S/c1-5-25(17-8-6-7-14(2)11-17)20(27)13-26-16(4)24-22-21(23(26)28)18-10-9-15(3)12-19(18)29-22/h6-8,11,15H,5,9-10,12-13H2,1-4H3. The number of amides is 1. The molecular weight excluding hydrogens is 382 g/mol. The van der Waals surface area contributed by atoms with Gasteiger partial charge in [-0.25, -0.2) is 4.98 Å². The maximum absolute atomic E-state index is 13.4. The fraction of sp³-hybridized carbons (Fsp3) is 0.435. The lowest BCUT2D eigenvalue weighted by Crippen LogP contribution is -2.37. The zero-order valence-electron chi connectivity index (χ0n) is 17.5. The second kappa shape index (κ2) is 7.75. The van der Waals surface area contributed by atoms with Crippen LogP contribution in [0.1, 0.15) is 42.1 Å². The molecule has 0 aliphatic heterocycles. The summed E-state index contributed by atoms with van der Waals surface area (Å²) in [6.45, 7) is 8.60. The van der Waals surface area contributed by atoms with Gasteiger partial charge in [-0.2, -0.15) is 0 Å². The maximum Gasteiger partial charge on any atom is 0.263 e. The van der Waals surface area contributed by atoms with Gasteiger partial charge in [-0.15, -0.1) is 11.3 Å². The van der Waals surface area contributed by atoms with E-state index in [2.05, 4.69) is 6.92 Å². The Hall–Kier alpha value is -2.47. The molecule has 1 aliphatic rings. The Morgan fingerprint density at radius 1 is 1.34 bits per heavy atom. The van der Waals surface area contributed by atoms with E-state index in [0.29, 0.717) is 18.3 Å². The molecule has 2 aromatic heterocycles. The van der Waals surface area contributed by atoms with Crippen LogP contribution in [0.25, 0.3) is 10.2 Å². The van der Waals surface area contributed by atoms with Gasteiger partial charge in [0.05, 0.1) is 5.39 Å². The lowest BCUT2D eigenvalue weighted by Gasteiger charge is -2.22. The number of rotatable bonds is 4. The molecule has 5 nitrogen and oxygen atoms in total. The van der Waals surface area contributed by atoms with Crippen molar-refractivity contribution in [2.24, 2.45) is 5.92 Å². The number of fused-ring (bicyclic) bond motifs is 3. The summed E-state index contributed by atoms with van der Waals surface area (Å²) in [6.07, 6.45) is 3.04. The van der Waals surface area contributed by atoms with Gasteiger partial charge >= 0.3 is 0 Å². The monoisotopic (exact) mass is 409 g/mol. The van der Waals surface area contributed by atoms with Crippen LogP contribution in [0.2, 0.25) is 0 Å². The molecule has 0 fully saturated rings. The number of thiophene rings is 1. The van der Waals surface area contributed by atoms with Gasteiger partial charge in [0.1, 0.15) is 17.2 Å². The van der Waals surface area contributed by atoms with Crippen LogP contribution < -0.4 is 10.5 Å². The van der Waals surface area contributed by atoms with Crippen molar-refractivity contribution in [3.63, 3.8) is 0 Å². The first-order valence-corrected chi connectivity index (χ1v) is 11.1. The topological polar surface area (TPSA) is 55.2 Å². The lowest BCUT2D eigenvalue weighted by atomic mass is 9.89. The van der Waals surface area contributed by atoms with Crippen molar-refractivity contribution in [3.05, 3.63) is 56.4 Å². The van der Waals surface area contributed by atoms with E-state index >= 15 is 0 Å². The summed E-state index contributed by atoms with van der Waals surface area (Å²) in [7, 11) is 0. The van der Waals surface area contributed by atoms with E-state index in [4.69, 9.17) is 4.98 Å². The second-order valence-corrected chi connectivity index (χ2v) is 9.14. The number of hydrogen-bond donors (Lipinski definition) is 0. The fourth-order valence-electron chi connectivity index (χ4n) is 4.23. The molecule has 1 amide bonds. The van der Waals surface area contributed by atoms with E-state index in [9.17, 15) is 9.59 Å². The Bertz CT molecular complexity index is 1140. The van der Waals surface area contributed by atoms with Crippen molar-refractivity contribution in [1.82, 2.24) is 9.55 Å². The van der Waals surface area contributed by atoms with Crippen molar-refractivity contribution in [2.75, 3.05) is 11.4 Å². The van der Waals surface area contributed by atoms with E-state index in [-0.39, 0.29) is 18.0 Å². The molecule has 152 valence electrons. The predicted octanol–water partition coefficient (Wildman–Crippen LogP) is 4.25.